The van der Waals surface area contributed by atoms with Gasteiger partial charge in [0.15, 0.2) is 22.8 Å². The summed E-state index contributed by atoms with van der Waals surface area (Å²) in [6, 6.07) is 12.4. The van der Waals surface area contributed by atoms with Crippen LogP contribution in [0.1, 0.15) is 22.8 Å². The van der Waals surface area contributed by atoms with Gasteiger partial charge in [0, 0.05) is 10.8 Å². The average Bonchev–Trinajstić information content (AvgIpc) is 3.23. The van der Waals surface area contributed by atoms with E-state index in [4.69, 9.17) is 0 Å². The van der Waals surface area contributed by atoms with Crippen molar-refractivity contribution in [2.24, 2.45) is 0 Å². The fraction of sp³-hybridized carbons (Fsp3) is 0. The lowest BCUT2D eigenvalue weighted by Gasteiger charge is -2.11. The van der Waals surface area contributed by atoms with Gasteiger partial charge >= 0.3 is 0 Å². The molecule has 39 heavy (non-hydrogen) atoms. The van der Waals surface area contributed by atoms with Gasteiger partial charge in [-0.15, -0.1) is 0 Å². The molecule has 6 rings (SSSR count). The summed E-state index contributed by atoms with van der Waals surface area (Å²) in [5.41, 5.74) is -1.96. The topological polar surface area (TPSA) is 165 Å². The number of nitriles is 4. The van der Waals surface area contributed by atoms with Crippen LogP contribution in [0, 0.1) is 68.9 Å². The lowest BCUT2D eigenvalue weighted by molar-refractivity contribution is 0.404. The SMILES string of the molecule is N#Cc1nc2cc3c4cc5nc(C#N)c(C#N)nc5cc4n(-c4c(F)c(F)nc(F)c4F)c3cc2nc1C#N. The predicted octanol–water partition coefficient (Wildman–Crippen LogP) is 4.11. The summed E-state index contributed by atoms with van der Waals surface area (Å²) >= 11 is 0. The van der Waals surface area contributed by atoms with Crippen LogP contribution in [0.2, 0.25) is 0 Å². The number of rotatable bonds is 1. The number of benzene rings is 2. The van der Waals surface area contributed by atoms with Crippen LogP contribution in [0.4, 0.5) is 17.6 Å². The zero-order valence-electron chi connectivity index (χ0n) is 18.8. The number of pyridine rings is 1. The fourth-order valence-electron chi connectivity index (χ4n) is 4.34. The van der Waals surface area contributed by atoms with E-state index in [9.17, 15) is 29.8 Å². The second-order valence-electron chi connectivity index (χ2n) is 8.01. The molecule has 0 amide bonds. The highest BCUT2D eigenvalue weighted by atomic mass is 19.2. The Kier molecular flexibility index (Phi) is 4.83. The second kappa shape index (κ2) is 8.13. The van der Waals surface area contributed by atoms with Crippen molar-refractivity contribution >= 4 is 43.9 Å². The van der Waals surface area contributed by atoms with E-state index in [2.05, 4.69) is 24.9 Å². The van der Waals surface area contributed by atoms with E-state index in [1.165, 1.54) is 24.3 Å². The molecule has 6 aromatic rings. The molecule has 0 unspecified atom stereocenters. The first-order valence-corrected chi connectivity index (χ1v) is 10.6. The Morgan fingerprint density at radius 1 is 0.513 bits per heavy atom. The molecule has 10 nitrogen and oxygen atoms in total. The normalized spacial score (nSPS) is 11.0. The average molecular weight is 520 g/mol. The summed E-state index contributed by atoms with van der Waals surface area (Å²) in [5, 5.41) is 37.8. The van der Waals surface area contributed by atoms with Gasteiger partial charge in [0.2, 0.25) is 11.6 Å². The molecule has 0 saturated carbocycles. The number of fused-ring (bicyclic) bond motifs is 5. The van der Waals surface area contributed by atoms with Crippen molar-refractivity contribution < 1.29 is 17.6 Å². The smallest absolute Gasteiger partial charge is 0.253 e. The molecule has 0 saturated heterocycles. The number of hydrogen-bond acceptors (Lipinski definition) is 9. The Balaban J connectivity index is 1.88. The molecule has 2 aromatic carbocycles. The van der Waals surface area contributed by atoms with Gasteiger partial charge in [-0.2, -0.15) is 43.6 Å². The third kappa shape index (κ3) is 3.20. The lowest BCUT2D eigenvalue weighted by atomic mass is 10.1. The molecule has 0 radical (unpaired) electrons. The van der Waals surface area contributed by atoms with Crippen molar-refractivity contribution in [2.45, 2.75) is 0 Å². The molecule has 0 aliphatic heterocycles. The van der Waals surface area contributed by atoms with Crippen molar-refractivity contribution in [3.63, 3.8) is 0 Å². The Labute approximate surface area is 212 Å². The monoisotopic (exact) mass is 520 g/mol. The van der Waals surface area contributed by atoms with Crippen molar-refractivity contribution in [1.82, 2.24) is 29.5 Å². The van der Waals surface area contributed by atoms with Gasteiger partial charge in [-0.1, -0.05) is 0 Å². The summed E-state index contributed by atoms with van der Waals surface area (Å²) in [5.74, 6) is -7.37. The van der Waals surface area contributed by atoms with E-state index in [1.807, 2.05) is 0 Å². The van der Waals surface area contributed by atoms with Gasteiger partial charge in [-0.05, 0) is 24.3 Å². The number of aromatic nitrogens is 6. The minimum absolute atomic E-state index is 0.0143. The minimum Gasteiger partial charge on any atom is -0.304 e. The molecule has 182 valence electrons. The highest BCUT2D eigenvalue weighted by molar-refractivity contribution is 6.15. The van der Waals surface area contributed by atoms with Gasteiger partial charge in [-0.25, -0.2) is 19.9 Å². The Morgan fingerprint density at radius 2 is 0.846 bits per heavy atom. The fourth-order valence-corrected chi connectivity index (χ4v) is 4.34. The summed E-state index contributed by atoms with van der Waals surface area (Å²) in [7, 11) is 0. The van der Waals surface area contributed by atoms with E-state index in [0.717, 1.165) is 4.57 Å². The molecule has 0 bridgehead atoms. The number of hydrogen-bond donors (Lipinski definition) is 0. The first-order valence-electron chi connectivity index (χ1n) is 10.6. The van der Waals surface area contributed by atoms with Crippen LogP contribution in [0.25, 0.3) is 49.6 Å². The van der Waals surface area contributed by atoms with E-state index < -0.39 is 29.2 Å². The summed E-state index contributed by atoms with van der Waals surface area (Å²) in [4.78, 5) is 19.1. The Bertz CT molecular complexity index is 2130. The lowest BCUT2D eigenvalue weighted by Crippen LogP contribution is -2.09. The number of halogens is 4. The van der Waals surface area contributed by atoms with Gasteiger partial charge in [0.25, 0.3) is 11.9 Å². The first-order chi connectivity index (χ1) is 18.8. The molecule has 4 heterocycles. The first kappa shape index (κ1) is 23.2. The van der Waals surface area contributed by atoms with E-state index in [-0.39, 0.29) is 66.6 Å². The third-order valence-corrected chi connectivity index (χ3v) is 5.96. The predicted molar refractivity (Wildman–Crippen MR) is 123 cm³/mol. The quantitative estimate of drug-likeness (QED) is 0.229. The van der Waals surface area contributed by atoms with Crippen LogP contribution in [0.5, 0.6) is 0 Å². The molecule has 0 fully saturated rings. The van der Waals surface area contributed by atoms with E-state index in [1.54, 1.807) is 24.3 Å². The standard InChI is InChI=1S/C25H4F4N10/c26-21-23(22(27)25(29)38-24(21)28)39-19-3-13-11(34-15(5-30)17(7-32)36-13)1-9(19)10-2-12-14(4-20(10)39)37-18(8-33)16(6-31)35-12/h1-4H. The van der Waals surface area contributed by atoms with Crippen LogP contribution < -0.4 is 0 Å². The summed E-state index contributed by atoms with van der Waals surface area (Å²) in [6.45, 7) is 0. The highest BCUT2D eigenvalue weighted by Gasteiger charge is 2.27. The van der Waals surface area contributed by atoms with Crippen LogP contribution in [0.3, 0.4) is 0 Å². The van der Waals surface area contributed by atoms with Gasteiger partial charge in [0.1, 0.15) is 30.0 Å². The maximum absolute atomic E-state index is 15.0. The van der Waals surface area contributed by atoms with Crippen LogP contribution in [0.15, 0.2) is 24.3 Å². The molecule has 0 N–H and O–H groups in total. The molecular weight excluding hydrogens is 516 g/mol. The molecule has 14 heteroatoms. The summed E-state index contributed by atoms with van der Waals surface area (Å²) in [6.07, 6.45) is 0. The third-order valence-electron chi connectivity index (χ3n) is 5.96. The maximum atomic E-state index is 15.0. The molecular formula is C25H4F4N10. The van der Waals surface area contributed by atoms with Crippen LogP contribution in [-0.2, 0) is 0 Å². The zero-order chi connectivity index (χ0) is 27.6. The van der Waals surface area contributed by atoms with Crippen LogP contribution in [-0.4, -0.2) is 29.5 Å². The molecule has 0 atom stereocenters. The van der Waals surface area contributed by atoms with Gasteiger partial charge in [0.05, 0.1) is 33.1 Å². The molecule has 0 aliphatic rings. The molecule has 0 aliphatic carbocycles. The molecule has 4 aromatic heterocycles. The van der Waals surface area contributed by atoms with Crippen molar-refractivity contribution in [3.05, 3.63) is 70.6 Å². The summed E-state index contributed by atoms with van der Waals surface area (Å²) < 4.78 is 59.4. The van der Waals surface area contributed by atoms with Crippen molar-refractivity contribution in [2.75, 3.05) is 0 Å². The van der Waals surface area contributed by atoms with Crippen molar-refractivity contribution in [1.29, 1.82) is 21.0 Å². The van der Waals surface area contributed by atoms with E-state index in [0.29, 0.717) is 0 Å². The Hall–Kier alpha value is -6.25. The van der Waals surface area contributed by atoms with Crippen molar-refractivity contribution in [3.8, 4) is 30.0 Å². The largest absolute Gasteiger partial charge is 0.304 e. The van der Waals surface area contributed by atoms with Gasteiger partial charge in [-0.3, -0.25) is 0 Å². The minimum atomic E-state index is -1.89. The molecule has 0 spiro atoms. The number of nitrogens with zero attached hydrogens (tertiary/aromatic N) is 10. The maximum Gasteiger partial charge on any atom is 0.253 e. The van der Waals surface area contributed by atoms with Gasteiger partial charge < -0.3 is 4.57 Å². The Morgan fingerprint density at radius 3 is 1.18 bits per heavy atom. The highest BCUT2D eigenvalue weighted by Crippen LogP contribution is 2.38. The van der Waals surface area contributed by atoms with E-state index >= 15 is 8.78 Å². The zero-order valence-corrected chi connectivity index (χ0v) is 18.8. The van der Waals surface area contributed by atoms with Crippen LogP contribution >= 0.6 is 0 Å². The second-order valence-corrected chi connectivity index (χ2v) is 8.01.